The van der Waals surface area contributed by atoms with Gasteiger partial charge in [-0.1, -0.05) is 6.42 Å². The van der Waals surface area contributed by atoms with Gasteiger partial charge in [0, 0.05) is 18.7 Å². The van der Waals surface area contributed by atoms with Gasteiger partial charge in [0.05, 0.1) is 30.9 Å². The summed E-state index contributed by atoms with van der Waals surface area (Å²) in [6, 6.07) is 1.70. The summed E-state index contributed by atoms with van der Waals surface area (Å²) in [5, 5.41) is 10.1. The molecule has 1 aliphatic heterocycles. The van der Waals surface area contributed by atoms with E-state index >= 15 is 0 Å². The van der Waals surface area contributed by atoms with E-state index in [1.807, 2.05) is 0 Å². The summed E-state index contributed by atoms with van der Waals surface area (Å²) < 4.78 is 43.2. The number of rotatable bonds is 2. The molecule has 1 aliphatic carbocycles. The highest BCUT2D eigenvalue weighted by molar-refractivity contribution is 5.94. The Morgan fingerprint density at radius 1 is 1.33 bits per heavy atom. The molecule has 2 heterocycles. The highest BCUT2D eigenvalue weighted by Gasteiger charge is 2.40. The van der Waals surface area contributed by atoms with Crippen molar-refractivity contribution in [3.63, 3.8) is 0 Å². The van der Waals surface area contributed by atoms with E-state index in [4.69, 9.17) is 4.74 Å². The Morgan fingerprint density at radius 3 is 2.71 bits per heavy atom. The van der Waals surface area contributed by atoms with Crippen molar-refractivity contribution in [1.82, 2.24) is 9.88 Å². The zero-order valence-electron chi connectivity index (χ0n) is 13.0. The molecule has 24 heavy (non-hydrogen) atoms. The Bertz CT molecular complexity index is 591. The van der Waals surface area contributed by atoms with Gasteiger partial charge in [-0.3, -0.25) is 9.78 Å². The lowest BCUT2D eigenvalue weighted by Gasteiger charge is -2.40. The van der Waals surface area contributed by atoms with Crippen molar-refractivity contribution in [2.75, 3.05) is 19.8 Å². The molecule has 5 nitrogen and oxygen atoms in total. The summed E-state index contributed by atoms with van der Waals surface area (Å²) in [7, 11) is 0. The van der Waals surface area contributed by atoms with Crippen molar-refractivity contribution in [2.45, 2.75) is 37.6 Å². The number of morpholine rings is 1. The van der Waals surface area contributed by atoms with Crippen LogP contribution in [-0.2, 0) is 10.9 Å². The Hall–Kier alpha value is -1.67. The number of aromatic nitrogens is 1. The van der Waals surface area contributed by atoms with E-state index in [2.05, 4.69) is 4.98 Å². The molecular formula is C16H19F3N2O3. The van der Waals surface area contributed by atoms with Gasteiger partial charge in [-0.15, -0.1) is 0 Å². The Balaban J connectivity index is 1.79. The van der Waals surface area contributed by atoms with Crippen molar-refractivity contribution < 1.29 is 27.8 Å². The lowest BCUT2D eigenvalue weighted by molar-refractivity contribution is -0.141. The maximum atomic E-state index is 12.7. The molecule has 2 fully saturated rings. The molecule has 0 spiro atoms. The number of alkyl halides is 3. The third kappa shape index (κ3) is 3.39. The lowest BCUT2D eigenvalue weighted by atomic mass is 9.94. The van der Waals surface area contributed by atoms with Gasteiger partial charge < -0.3 is 14.7 Å². The lowest BCUT2D eigenvalue weighted by Crippen LogP contribution is -2.53. The normalized spacial score (nSPS) is 28.2. The fraction of sp³-hybridized carbons (Fsp3) is 0.625. The first-order chi connectivity index (χ1) is 11.4. The summed E-state index contributed by atoms with van der Waals surface area (Å²) in [4.78, 5) is 17.7. The molecule has 1 saturated heterocycles. The van der Waals surface area contributed by atoms with Gasteiger partial charge in [0.25, 0.3) is 5.91 Å². The van der Waals surface area contributed by atoms with Gasteiger partial charge in [-0.05, 0) is 25.0 Å². The molecule has 132 valence electrons. The van der Waals surface area contributed by atoms with Crippen LogP contribution in [0.5, 0.6) is 0 Å². The first-order valence-corrected chi connectivity index (χ1v) is 7.98. The topological polar surface area (TPSA) is 62.7 Å². The molecule has 1 N–H and O–H groups in total. The Kier molecular flexibility index (Phi) is 4.78. The van der Waals surface area contributed by atoms with E-state index in [9.17, 15) is 23.1 Å². The molecule has 0 aromatic carbocycles. The fourth-order valence-corrected chi connectivity index (χ4v) is 3.50. The smallest absolute Gasteiger partial charge is 0.393 e. The number of hydrogen-bond acceptors (Lipinski definition) is 4. The van der Waals surface area contributed by atoms with Crippen LogP contribution >= 0.6 is 0 Å². The van der Waals surface area contributed by atoms with Crippen LogP contribution in [0.3, 0.4) is 0 Å². The first-order valence-electron chi connectivity index (χ1n) is 7.98. The fourth-order valence-electron chi connectivity index (χ4n) is 3.50. The quantitative estimate of drug-likeness (QED) is 0.893. The number of carbonyl (C=O) groups excluding carboxylic acids is 1. The minimum Gasteiger partial charge on any atom is -0.393 e. The van der Waals surface area contributed by atoms with Crippen molar-refractivity contribution >= 4 is 5.91 Å². The largest absolute Gasteiger partial charge is 0.433 e. The number of nitrogens with zero attached hydrogens (tertiary/aromatic N) is 2. The molecule has 1 saturated carbocycles. The predicted octanol–water partition coefficient (Wildman–Crippen LogP) is 2.10. The minimum atomic E-state index is -4.53. The van der Waals surface area contributed by atoms with Crippen molar-refractivity contribution in [2.24, 2.45) is 5.92 Å². The average Bonchev–Trinajstić information content (AvgIpc) is 2.99. The second-order valence-corrected chi connectivity index (χ2v) is 6.23. The van der Waals surface area contributed by atoms with Crippen LogP contribution in [0.1, 0.15) is 35.3 Å². The molecule has 0 radical (unpaired) electrons. The highest BCUT2D eigenvalue weighted by atomic mass is 19.4. The number of carbonyl (C=O) groups is 1. The molecule has 3 atom stereocenters. The zero-order valence-corrected chi connectivity index (χ0v) is 13.0. The van der Waals surface area contributed by atoms with Gasteiger partial charge in [0.2, 0.25) is 0 Å². The number of halogens is 3. The Labute approximate surface area is 137 Å². The number of aliphatic hydroxyl groups is 1. The van der Waals surface area contributed by atoms with Crippen LogP contribution in [0.25, 0.3) is 0 Å². The number of aliphatic hydroxyl groups excluding tert-OH is 1. The second kappa shape index (κ2) is 6.68. The molecule has 0 bridgehead atoms. The van der Waals surface area contributed by atoms with E-state index < -0.39 is 18.0 Å². The van der Waals surface area contributed by atoms with Crippen LogP contribution in [0.15, 0.2) is 18.3 Å². The van der Waals surface area contributed by atoms with Crippen molar-refractivity contribution in [3.05, 3.63) is 29.6 Å². The molecule has 3 rings (SSSR count). The molecule has 8 heteroatoms. The standard InChI is InChI=1S/C16H19F3N2O3/c17-16(18,19)14-5-4-10(8-20-14)15(23)21-6-7-24-9-12(21)11-2-1-3-13(11)22/h4-5,8,11-13,22H,1-3,6-7,9H2. The van der Waals surface area contributed by atoms with Crippen molar-refractivity contribution in [1.29, 1.82) is 0 Å². The Morgan fingerprint density at radius 2 is 2.12 bits per heavy atom. The molecular weight excluding hydrogens is 325 g/mol. The van der Waals surface area contributed by atoms with Gasteiger partial charge in [0.1, 0.15) is 5.69 Å². The van der Waals surface area contributed by atoms with E-state index in [-0.39, 0.29) is 23.4 Å². The average molecular weight is 344 g/mol. The van der Waals surface area contributed by atoms with E-state index in [0.29, 0.717) is 26.2 Å². The maximum Gasteiger partial charge on any atom is 0.433 e. The number of hydrogen-bond donors (Lipinski definition) is 1. The summed E-state index contributed by atoms with van der Waals surface area (Å²) in [5.41, 5.74) is -0.911. The minimum absolute atomic E-state index is 0.0587. The molecule has 1 amide bonds. The molecule has 3 unspecified atom stereocenters. The molecule has 2 aliphatic rings. The highest BCUT2D eigenvalue weighted by Crippen LogP contribution is 2.33. The SMILES string of the molecule is O=C(c1ccc(C(F)(F)F)nc1)N1CCOCC1C1CCCC1O. The van der Waals surface area contributed by atoms with Crippen LogP contribution in [0.2, 0.25) is 0 Å². The number of amides is 1. The van der Waals surface area contributed by atoms with Gasteiger partial charge in [-0.25, -0.2) is 0 Å². The zero-order chi connectivity index (χ0) is 17.3. The predicted molar refractivity (Wildman–Crippen MR) is 78.2 cm³/mol. The van der Waals surface area contributed by atoms with E-state index in [1.54, 1.807) is 4.90 Å². The second-order valence-electron chi connectivity index (χ2n) is 6.23. The van der Waals surface area contributed by atoms with Gasteiger partial charge in [0.15, 0.2) is 0 Å². The molecule has 1 aromatic rings. The van der Waals surface area contributed by atoms with E-state index in [1.165, 1.54) is 0 Å². The third-order valence-electron chi connectivity index (χ3n) is 4.75. The summed E-state index contributed by atoms with van der Waals surface area (Å²) in [5.74, 6) is -0.430. The van der Waals surface area contributed by atoms with Gasteiger partial charge in [-0.2, -0.15) is 13.2 Å². The van der Waals surface area contributed by atoms with Crippen LogP contribution in [0.4, 0.5) is 13.2 Å². The van der Waals surface area contributed by atoms with Crippen molar-refractivity contribution in [3.8, 4) is 0 Å². The molecule has 1 aromatic heterocycles. The third-order valence-corrected chi connectivity index (χ3v) is 4.75. The summed E-state index contributed by atoms with van der Waals surface area (Å²) in [6.45, 7) is 1.06. The van der Waals surface area contributed by atoms with Crippen LogP contribution in [-0.4, -0.2) is 52.8 Å². The van der Waals surface area contributed by atoms with Gasteiger partial charge >= 0.3 is 6.18 Å². The monoisotopic (exact) mass is 344 g/mol. The summed E-state index contributed by atoms with van der Waals surface area (Å²) in [6.07, 6.45) is -1.64. The van der Waals surface area contributed by atoms with E-state index in [0.717, 1.165) is 31.2 Å². The number of pyridine rings is 1. The van der Waals surface area contributed by atoms with Crippen LogP contribution in [0, 0.1) is 5.92 Å². The maximum absolute atomic E-state index is 12.7. The number of ether oxygens (including phenoxy) is 1. The first kappa shape index (κ1) is 17.2. The summed E-state index contributed by atoms with van der Waals surface area (Å²) >= 11 is 0. The van der Waals surface area contributed by atoms with Crippen LogP contribution < -0.4 is 0 Å².